The molecule has 7 heteroatoms. The lowest BCUT2D eigenvalue weighted by atomic mass is 9.93. The van der Waals surface area contributed by atoms with Gasteiger partial charge in [-0.2, -0.15) is 5.10 Å². The number of aryl methyl sites for hydroxylation is 2. The van der Waals surface area contributed by atoms with Gasteiger partial charge in [-0.25, -0.2) is 5.43 Å². The van der Waals surface area contributed by atoms with Crippen LogP contribution in [0.3, 0.4) is 0 Å². The van der Waals surface area contributed by atoms with E-state index in [-0.39, 0.29) is 17.6 Å². The summed E-state index contributed by atoms with van der Waals surface area (Å²) in [6, 6.07) is 14.7. The maximum Gasteiger partial charge on any atom is 0.291 e. The highest BCUT2D eigenvalue weighted by Crippen LogP contribution is 2.30. The lowest BCUT2D eigenvalue weighted by Gasteiger charge is -2.13. The topological polar surface area (TPSA) is 83.7 Å². The minimum absolute atomic E-state index is 0.257. The van der Waals surface area contributed by atoms with E-state index in [1.54, 1.807) is 6.07 Å². The first-order valence-corrected chi connectivity index (χ1v) is 10.9. The third kappa shape index (κ3) is 4.46. The number of hydrogen-bond donors (Lipinski definition) is 2. The quantitative estimate of drug-likeness (QED) is 0.492. The highest BCUT2D eigenvalue weighted by Gasteiger charge is 2.28. The van der Waals surface area contributed by atoms with E-state index >= 15 is 0 Å². The van der Waals surface area contributed by atoms with Gasteiger partial charge in [-0.05, 0) is 62.6 Å². The third-order valence-electron chi connectivity index (χ3n) is 5.32. The molecule has 4 rings (SSSR count). The number of hydrogen-bond acceptors (Lipinski definition) is 4. The van der Waals surface area contributed by atoms with Crippen molar-refractivity contribution in [2.75, 3.05) is 5.32 Å². The molecule has 0 unspecified atom stereocenters. The van der Waals surface area contributed by atoms with E-state index in [1.807, 2.05) is 56.3 Å². The first-order chi connectivity index (χ1) is 14.9. The van der Waals surface area contributed by atoms with Gasteiger partial charge in [0.1, 0.15) is 5.76 Å². The van der Waals surface area contributed by atoms with Crippen molar-refractivity contribution in [3.8, 4) is 0 Å². The van der Waals surface area contributed by atoms with Crippen molar-refractivity contribution in [3.05, 3.63) is 86.8 Å². The second-order valence-corrected chi connectivity index (χ2v) is 8.40. The summed E-state index contributed by atoms with van der Waals surface area (Å²) in [4.78, 5) is 25.3. The number of hydrazone groups is 1. The fraction of sp³-hybridized carbons (Fsp3) is 0.208. The van der Waals surface area contributed by atoms with Crippen LogP contribution >= 0.6 is 15.9 Å². The summed E-state index contributed by atoms with van der Waals surface area (Å²) in [5.41, 5.74) is 7.09. The maximum absolute atomic E-state index is 12.8. The molecule has 3 aromatic rings. The Balaban J connectivity index is 1.57. The second-order valence-electron chi connectivity index (χ2n) is 7.48. The van der Waals surface area contributed by atoms with Gasteiger partial charge in [0.15, 0.2) is 5.76 Å². The third-order valence-corrected chi connectivity index (χ3v) is 5.84. The Morgan fingerprint density at radius 1 is 1.00 bits per heavy atom. The first kappa shape index (κ1) is 21.1. The van der Waals surface area contributed by atoms with Crippen LogP contribution in [0.1, 0.15) is 56.2 Å². The number of nitrogens with zero attached hydrogens (tertiary/aromatic N) is 1. The standard InChI is InChI=1S/C24H22BrN3O3/c1-14-6-3-4-7-18(14)23(29)28-27-19-8-5-9-20-21(19)15(2)22(31-20)24(30)26-17-12-10-16(25)11-13-17/h3-4,6-7,10-13H,5,8-9H2,1-2H3,(H,26,30)(H,28,29)/b27-19+. The molecular formula is C24H22BrN3O3. The number of carbonyl (C=O) groups is 2. The minimum Gasteiger partial charge on any atom is -0.455 e. The molecule has 0 aliphatic heterocycles. The van der Waals surface area contributed by atoms with Crippen molar-refractivity contribution in [1.29, 1.82) is 0 Å². The van der Waals surface area contributed by atoms with Crippen molar-refractivity contribution < 1.29 is 14.0 Å². The van der Waals surface area contributed by atoms with Crippen LogP contribution in [0.25, 0.3) is 0 Å². The normalized spacial score (nSPS) is 14.2. The number of fused-ring (bicyclic) bond motifs is 1. The SMILES string of the molecule is Cc1ccccc1C(=O)N/N=C1\CCCc2oc(C(=O)Nc3ccc(Br)cc3)c(C)c21. The van der Waals surface area contributed by atoms with Crippen LogP contribution in [0.15, 0.2) is 62.5 Å². The Kier molecular flexibility index (Phi) is 6.04. The molecule has 0 saturated carbocycles. The van der Waals surface area contributed by atoms with Gasteiger partial charge in [-0.1, -0.05) is 34.1 Å². The van der Waals surface area contributed by atoms with Crippen molar-refractivity contribution >= 4 is 39.1 Å². The van der Waals surface area contributed by atoms with Crippen LogP contribution in [0.4, 0.5) is 5.69 Å². The number of amides is 2. The summed E-state index contributed by atoms with van der Waals surface area (Å²) in [6.07, 6.45) is 2.27. The number of anilines is 1. The van der Waals surface area contributed by atoms with Crippen molar-refractivity contribution in [2.24, 2.45) is 5.10 Å². The second kappa shape index (κ2) is 8.89. The lowest BCUT2D eigenvalue weighted by molar-refractivity contribution is 0.0953. The molecule has 6 nitrogen and oxygen atoms in total. The molecule has 1 aliphatic rings. The van der Waals surface area contributed by atoms with Gasteiger partial charge in [0.05, 0.1) is 5.71 Å². The van der Waals surface area contributed by atoms with E-state index in [2.05, 4.69) is 31.8 Å². The number of furan rings is 1. The van der Waals surface area contributed by atoms with Crippen LogP contribution in [0.5, 0.6) is 0 Å². The largest absolute Gasteiger partial charge is 0.455 e. The van der Waals surface area contributed by atoms with Gasteiger partial charge in [-0.3, -0.25) is 9.59 Å². The number of nitrogens with one attached hydrogen (secondary N) is 2. The monoisotopic (exact) mass is 479 g/mol. The van der Waals surface area contributed by atoms with E-state index in [0.717, 1.165) is 45.5 Å². The van der Waals surface area contributed by atoms with Crippen LogP contribution in [0.2, 0.25) is 0 Å². The number of carbonyl (C=O) groups excluding carboxylic acids is 2. The molecule has 158 valence electrons. The number of rotatable bonds is 4. The highest BCUT2D eigenvalue weighted by molar-refractivity contribution is 9.10. The summed E-state index contributed by atoms with van der Waals surface area (Å²) in [5, 5.41) is 7.25. The van der Waals surface area contributed by atoms with Crippen LogP contribution < -0.4 is 10.7 Å². The molecule has 2 N–H and O–H groups in total. The molecule has 0 radical (unpaired) electrons. The zero-order chi connectivity index (χ0) is 22.0. The van der Waals surface area contributed by atoms with Crippen LogP contribution in [0, 0.1) is 13.8 Å². The molecule has 2 amide bonds. The summed E-state index contributed by atoms with van der Waals surface area (Å²) >= 11 is 3.38. The molecule has 1 heterocycles. The maximum atomic E-state index is 12.8. The Morgan fingerprint density at radius 3 is 2.48 bits per heavy atom. The lowest BCUT2D eigenvalue weighted by Crippen LogP contribution is -2.22. The minimum atomic E-state index is -0.308. The molecule has 0 atom stereocenters. The molecule has 0 bridgehead atoms. The zero-order valence-electron chi connectivity index (χ0n) is 17.3. The van der Waals surface area contributed by atoms with Crippen LogP contribution in [-0.4, -0.2) is 17.5 Å². The molecule has 2 aromatic carbocycles. The fourth-order valence-electron chi connectivity index (χ4n) is 3.72. The summed E-state index contributed by atoms with van der Waals surface area (Å²) in [5.74, 6) is 0.436. The average Bonchev–Trinajstić information content (AvgIpc) is 3.11. The fourth-order valence-corrected chi connectivity index (χ4v) is 3.99. The molecule has 31 heavy (non-hydrogen) atoms. The molecule has 0 spiro atoms. The first-order valence-electron chi connectivity index (χ1n) is 10.1. The predicted molar refractivity (Wildman–Crippen MR) is 124 cm³/mol. The Morgan fingerprint density at radius 2 is 1.74 bits per heavy atom. The van der Waals surface area contributed by atoms with E-state index in [4.69, 9.17) is 4.42 Å². The zero-order valence-corrected chi connectivity index (χ0v) is 18.9. The number of benzene rings is 2. The molecule has 0 fully saturated rings. The highest BCUT2D eigenvalue weighted by atomic mass is 79.9. The predicted octanol–water partition coefficient (Wildman–Crippen LogP) is 5.38. The van der Waals surface area contributed by atoms with E-state index < -0.39 is 0 Å². The van der Waals surface area contributed by atoms with Gasteiger partial charge in [0, 0.05) is 33.3 Å². The van der Waals surface area contributed by atoms with E-state index in [1.165, 1.54) is 0 Å². The van der Waals surface area contributed by atoms with E-state index in [9.17, 15) is 9.59 Å². The van der Waals surface area contributed by atoms with E-state index in [0.29, 0.717) is 17.7 Å². The molecule has 0 saturated heterocycles. The molecular weight excluding hydrogens is 458 g/mol. The van der Waals surface area contributed by atoms with Gasteiger partial charge in [0.2, 0.25) is 0 Å². The van der Waals surface area contributed by atoms with Crippen molar-refractivity contribution in [3.63, 3.8) is 0 Å². The Labute approximate surface area is 188 Å². The van der Waals surface area contributed by atoms with Gasteiger partial charge >= 0.3 is 0 Å². The van der Waals surface area contributed by atoms with Crippen LogP contribution in [-0.2, 0) is 6.42 Å². The van der Waals surface area contributed by atoms with Gasteiger partial charge in [-0.15, -0.1) is 0 Å². The Bertz CT molecular complexity index is 1180. The average molecular weight is 480 g/mol. The smallest absolute Gasteiger partial charge is 0.291 e. The number of halogens is 1. The van der Waals surface area contributed by atoms with Gasteiger partial charge < -0.3 is 9.73 Å². The molecule has 1 aromatic heterocycles. The summed E-state index contributed by atoms with van der Waals surface area (Å²) in [6.45, 7) is 3.74. The Hall–Kier alpha value is -3.19. The summed E-state index contributed by atoms with van der Waals surface area (Å²) < 4.78 is 6.85. The molecule has 1 aliphatic carbocycles. The van der Waals surface area contributed by atoms with Crippen molar-refractivity contribution in [1.82, 2.24) is 5.43 Å². The van der Waals surface area contributed by atoms with Crippen molar-refractivity contribution in [2.45, 2.75) is 33.1 Å². The summed E-state index contributed by atoms with van der Waals surface area (Å²) in [7, 11) is 0. The van der Waals surface area contributed by atoms with Gasteiger partial charge in [0.25, 0.3) is 11.8 Å².